The van der Waals surface area contributed by atoms with Crippen molar-refractivity contribution in [2.75, 3.05) is 32.4 Å². The van der Waals surface area contributed by atoms with E-state index in [1.165, 1.54) is 4.31 Å². The highest BCUT2D eigenvalue weighted by molar-refractivity contribution is 7.88. The highest BCUT2D eigenvalue weighted by atomic mass is 32.2. The molecule has 0 aromatic carbocycles. The minimum Gasteiger partial charge on any atom is -0.480 e. The molecule has 1 aliphatic heterocycles. The molecule has 1 unspecified atom stereocenters. The summed E-state index contributed by atoms with van der Waals surface area (Å²) in [6.07, 6.45) is 2.65. The predicted molar refractivity (Wildman–Crippen MR) is 81.0 cm³/mol. The number of sulfonamides is 1. The van der Waals surface area contributed by atoms with Crippen LogP contribution in [0.15, 0.2) is 0 Å². The van der Waals surface area contributed by atoms with Gasteiger partial charge < -0.3 is 5.11 Å². The standard InChI is InChI=1S/C11H23N3O6S2/c1-3-4-5-10(11(15)16)12-22(19,20)14-8-6-13(7-9-14)21(2,17)18/h10,12H,3-9H2,1-2H3,(H,15,16). The van der Waals surface area contributed by atoms with Crippen LogP contribution in [-0.2, 0) is 25.0 Å². The second kappa shape index (κ2) is 7.68. The van der Waals surface area contributed by atoms with E-state index in [-0.39, 0.29) is 32.6 Å². The lowest BCUT2D eigenvalue weighted by molar-refractivity contribution is -0.139. The van der Waals surface area contributed by atoms with Crippen molar-refractivity contribution in [3.05, 3.63) is 0 Å². The van der Waals surface area contributed by atoms with E-state index in [2.05, 4.69) is 4.72 Å². The number of aliphatic carboxylic acids is 1. The van der Waals surface area contributed by atoms with E-state index in [1.807, 2.05) is 6.92 Å². The van der Waals surface area contributed by atoms with E-state index in [0.717, 1.165) is 17.0 Å². The zero-order chi connectivity index (χ0) is 17.0. The molecule has 130 valence electrons. The number of nitrogens with zero attached hydrogens (tertiary/aromatic N) is 2. The highest BCUT2D eigenvalue weighted by Gasteiger charge is 2.33. The Kier molecular flexibility index (Phi) is 6.74. The fraction of sp³-hybridized carbons (Fsp3) is 0.909. The number of unbranched alkanes of at least 4 members (excludes halogenated alkanes) is 1. The van der Waals surface area contributed by atoms with E-state index < -0.39 is 32.2 Å². The number of nitrogens with one attached hydrogen (secondary N) is 1. The molecule has 0 aromatic heterocycles. The van der Waals surface area contributed by atoms with Gasteiger partial charge in [0.25, 0.3) is 10.2 Å². The SMILES string of the molecule is CCCCC(NS(=O)(=O)N1CCN(S(C)(=O)=O)CC1)C(=O)O. The van der Waals surface area contributed by atoms with E-state index in [4.69, 9.17) is 5.11 Å². The molecule has 0 radical (unpaired) electrons. The summed E-state index contributed by atoms with van der Waals surface area (Å²) in [6.45, 7) is 2.02. The smallest absolute Gasteiger partial charge is 0.321 e. The van der Waals surface area contributed by atoms with Gasteiger partial charge in [0.1, 0.15) is 6.04 Å². The van der Waals surface area contributed by atoms with Crippen molar-refractivity contribution >= 4 is 26.2 Å². The average Bonchev–Trinajstić information content (AvgIpc) is 2.42. The predicted octanol–water partition coefficient (Wildman–Crippen LogP) is -0.959. The van der Waals surface area contributed by atoms with Gasteiger partial charge in [-0.1, -0.05) is 19.8 Å². The summed E-state index contributed by atoms with van der Waals surface area (Å²) in [6, 6.07) is -1.17. The molecule has 22 heavy (non-hydrogen) atoms. The fourth-order valence-electron chi connectivity index (χ4n) is 2.14. The van der Waals surface area contributed by atoms with Crippen molar-refractivity contribution in [3.8, 4) is 0 Å². The Balaban J connectivity index is 2.69. The van der Waals surface area contributed by atoms with Gasteiger partial charge in [-0.05, 0) is 6.42 Å². The summed E-state index contributed by atoms with van der Waals surface area (Å²) >= 11 is 0. The first-order valence-electron chi connectivity index (χ1n) is 7.03. The lowest BCUT2D eigenvalue weighted by atomic mass is 10.1. The Bertz CT molecular complexity index is 581. The van der Waals surface area contributed by atoms with Crippen molar-refractivity contribution in [1.29, 1.82) is 0 Å². The molecule has 0 aromatic rings. The normalized spacial score (nSPS) is 19.9. The van der Waals surface area contributed by atoms with Crippen molar-refractivity contribution in [2.24, 2.45) is 0 Å². The summed E-state index contributed by atoms with van der Waals surface area (Å²) < 4.78 is 51.7. The topological polar surface area (TPSA) is 124 Å². The van der Waals surface area contributed by atoms with Crippen molar-refractivity contribution < 1.29 is 26.7 Å². The minimum atomic E-state index is -3.95. The summed E-state index contributed by atoms with van der Waals surface area (Å²) in [4.78, 5) is 11.1. The van der Waals surface area contributed by atoms with Gasteiger partial charge in [0.15, 0.2) is 0 Å². The van der Waals surface area contributed by atoms with Gasteiger partial charge in [0, 0.05) is 26.2 Å². The monoisotopic (exact) mass is 357 g/mol. The maximum Gasteiger partial charge on any atom is 0.321 e. The molecule has 0 bridgehead atoms. The molecule has 1 aliphatic rings. The first-order valence-corrected chi connectivity index (χ1v) is 10.3. The van der Waals surface area contributed by atoms with Crippen LogP contribution in [-0.4, -0.2) is 75.0 Å². The molecule has 0 spiro atoms. The second-order valence-electron chi connectivity index (χ2n) is 5.22. The lowest BCUT2D eigenvalue weighted by Crippen LogP contribution is -2.55. The van der Waals surface area contributed by atoms with E-state index in [1.54, 1.807) is 0 Å². The van der Waals surface area contributed by atoms with Gasteiger partial charge in [-0.2, -0.15) is 21.8 Å². The Morgan fingerprint density at radius 2 is 1.64 bits per heavy atom. The molecular weight excluding hydrogens is 334 g/mol. The zero-order valence-electron chi connectivity index (χ0n) is 12.7. The molecule has 2 N–H and O–H groups in total. The third kappa shape index (κ3) is 5.47. The Morgan fingerprint density at radius 1 is 1.14 bits per heavy atom. The first-order chi connectivity index (χ1) is 10.1. The third-order valence-electron chi connectivity index (χ3n) is 3.44. The Labute approximate surface area is 131 Å². The summed E-state index contributed by atoms with van der Waals surface area (Å²) in [5.41, 5.74) is 0. The quantitative estimate of drug-likeness (QED) is 0.577. The van der Waals surface area contributed by atoms with Crippen LogP contribution < -0.4 is 4.72 Å². The number of carboxylic acid groups (broad SMARTS) is 1. The molecule has 1 rings (SSSR count). The number of rotatable bonds is 8. The molecule has 1 heterocycles. The largest absolute Gasteiger partial charge is 0.480 e. The van der Waals surface area contributed by atoms with E-state index in [0.29, 0.717) is 6.42 Å². The van der Waals surface area contributed by atoms with Gasteiger partial charge in [-0.15, -0.1) is 0 Å². The van der Waals surface area contributed by atoms with Crippen molar-refractivity contribution in [3.63, 3.8) is 0 Å². The summed E-state index contributed by atoms with van der Waals surface area (Å²) in [5.74, 6) is -1.22. The van der Waals surface area contributed by atoms with E-state index in [9.17, 15) is 21.6 Å². The molecule has 0 saturated carbocycles. The van der Waals surface area contributed by atoms with Gasteiger partial charge in [-0.25, -0.2) is 8.42 Å². The maximum absolute atomic E-state index is 12.2. The third-order valence-corrected chi connectivity index (χ3v) is 6.37. The molecule has 1 saturated heterocycles. The van der Waals surface area contributed by atoms with Crippen LogP contribution in [0.3, 0.4) is 0 Å². The zero-order valence-corrected chi connectivity index (χ0v) is 14.4. The van der Waals surface area contributed by atoms with Gasteiger partial charge in [-0.3, -0.25) is 4.79 Å². The van der Waals surface area contributed by atoms with Crippen molar-refractivity contribution in [2.45, 2.75) is 32.2 Å². The molecule has 9 nitrogen and oxygen atoms in total. The summed E-state index contributed by atoms with van der Waals surface area (Å²) in [7, 11) is -7.29. The lowest BCUT2D eigenvalue weighted by Gasteiger charge is -2.33. The van der Waals surface area contributed by atoms with Gasteiger partial charge in [0.05, 0.1) is 6.26 Å². The average molecular weight is 357 g/mol. The maximum atomic E-state index is 12.2. The molecule has 11 heteroatoms. The van der Waals surface area contributed by atoms with Gasteiger partial charge >= 0.3 is 5.97 Å². The van der Waals surface area contributed by atoms with Crippen molar-refractivity contribution in [1.82, 2.24) is 13.3 Å². The molecule has 0 amide bonds. The number of carbonyl (C=O) groups is 1. The van der Waals surface area contributed by atoms with Crippen LogP contribution in [0.5, 0.6) is 0 Å². The minimum absolute atomic E-state index is 0.00250. The fourth-order valence-corrected chi connectivity index (χ4v) is 4.34. The number of piperazine rings is 1. The van der Waals surface area contributed by atoms with E-state index >= 15 is 0 Å². The van der Waals surface area contributed by atoms with Crippen LogP contribution in [0.4, 0.5) is 0 Å². The van der Waals surface area contributed by atoms with Crippen LogP contribution in [0, 0.1) is 0 Å². The second-order valence-corrected chi connectivity index (χ2v) is 8.90. The highest BCUT2D eigenvalue weighted by Crippen LogP contribution is 2.11. The summed E-state index contributed by atoms with van der Waals surface area (Å²) in [5, 5.41) is 9.08. The van der Waals surface area contributed by atoms with Gasteiger partial charge in [0.2, 0.25) is 10.0 Å². The molecule has 0 aliphatic carbocycles. The molecule has 1 atom stereocenters. The Morgan fingerprint density at radius 3 is 2.05 bits per heavy atom. The van der Waals surface area contributed by atoms with Crippen LogP contribution in [0.1, 0.15) is 26.2 Å². The number of hydrogen-bond donors (Lipinski definition) is 2. The Hall–Kier alpha value is -0.750. The molecule has 1 fully saturated rings. The first kappa shape index (κ1) is 19.3. The van der Waals surface area contributed by atoms with Crippen LogP contribution >= 0.6 is 0 Å². The molecular formula is C11H23N3O6S2. The van der Waals surface area contributed by atoms with Crippen LogP contribution in [0.2, 0.25) is 0 Å². The van der Waals surface area contributed by atoms with Crippen LogP contribution in [0.25, 0.3) is 0 Å². The number of hydrogen-bond acceptors (Lipinski definition) is 5. The number of carboxylic acids is 1.